The van der Waals surface area contributed by atoms with Crippen LogP contribution in [0.15, 0.2) is 16.6 Å². The Morgan fingerprint density at radius 3 is 2.73 bits per heavy atom. The van der Waals surface area contributed by atoms with Crippen molar-refractivity contribution in [3.63, 3.8) is 0 Å². The SMILES string of the molecule is Cc1nn(C)c(CNC2CC=CC2)c1Br. The number of nitrogens with zero attached hydrogens (tertiary/aromatic N) is 2. The molecule has 0 unspecified atom stereocenters. The van der Waals surface area contributed by atoms with Gasteiger partial charge in [0.2, 0.25) is 0 Å². The molecular formula is C11H16BrN3. The van der Waals surface area contributed by atoms with Crippen molar-refractivity contribution in [1.82, 2.24) is 15.1 Å². The zero-order valence-corrected chi connectivity index (χ0v) is 10.7. The van der Waals surface area contributed by atoms with Crippen molar-refractivity contribution in [2.24, 2.45) is 7.05 Å². The van der Waals surface area contributed by atoms with Gasteiger partial charge in [-0.2, -0.15) is 5.10 Å². The average molecular weight is 270 g/mol. The Kier molecular flexibility index (Phi) is 3.26. The lowest BCUT2D eigenvalue weighted by Crippen LogP contribution is -2.26. The largest absolute Gasteiger partial charge is 0.308 e. The summed E-state index contributed by atoms with van der Waals surface area (Å²) in [5.74, 6) is 0. The maximum atomic E-state index is 4.37. The zero-order valence-electron chi connectivity index (χ0n) is 9.13. The molecule has 0 bridgehead atoms. The number of aryl methyl sites for hydroxylation is 2. The molecule has 0 aromatic carbocycles. The van der Waals surface area contributed by atoms with Crippen LogP contribution in [0.5, 0.6) is 0 Å². The molecule has 0 spiro atoms. The van der Waals surface area contributed by atoms with E-state index in [0.29, 0.717) is 6.04 Å². The van der Waals surface area contributed by atoms with E-state index in [4.69, 9.17) is 0 Å². The minimum Gasteiger partial charge on any atom is -0.308 e. The molecule has 4 heteroatoms. The maximum Gasteiger partial charge on any atom is 0.0739 e. The molecule has 1 N–H and O–H groups in total. The van der Waals surface area contributed by atoms with Crippen LogP contribution < -0.4 is 5.32 Å². The lowest BCUT2D eigenvalue weighted by Gasteiger charge is -2.12. The van der Waals surface area contributed by atoms with Gasteiger partial charge < -0.3 is 5.32 Å². The molecule has 3 nitrogen and oxygen atoms in total. The minimum absolute atomic E-state index is 0.604. The van der Waals surface area contributed by atoms with E-state index in [0.717, 1.165) is 29.6 Å². The van der Waals surface area contributed by atoms with Crippen LogP contribution in [0.25, 0.3) is 0 Å². The van der Waals surface area contributed by atoms with Gasteiger partial charge in [-0.25, -0.2) is 0 Å². The summed E-state index contributed by atoms with van der Waals surface area (Å²) < 4.78 is 3.07. The van der Waals surface area contributed by atoms with Crippen LogP contribution in [0.4, 0.5) is 0 Å². The molecule has 1 heterocycles. The van der Waals surface area contributed by atoms with Gasteiger partial charge in [-0.1, -0.05) is 12.2 Å². The lowest BCUT2D eigenvalue weighted by molar-refractivity contribution is 0.518. The van der Waals surface area contributed by atoms with Crippen LogP contribution in [0.1, 0.15) is 24.2 Å². The van der Waals surface area contributed by atoms with E-state index in [-0.39, 0.29) is 0 Å². The van der Waals surface area contributed by atoms with Crippen molar-refractivity contribution in [1.29, 1.82) is 0 Å². The highest BCUT2D eigenvalue weighted by Crippen LogP contribution is 2.20. The molecule has 0 radical (unpaired) electrons. The summed E-state index contributed by atoms with van der Waals surface area (Å²) in [5, 5.41) is 7.91. The van der Waals surface area contributed by atoms with Gasteiger partial charge in [-0.15, -0.1) is 0 Å². The fourth-order valence-electron chi connectivity index (χ4n) is 1.90. The van der Waals surface area contributed by atoms with E-state index in [9.17, 15) is 0 Å². The molecular weight excluding hydrogens is 254 g/mol. The first-order valence-electron chi connectivity index (χ1n) is 5.25. The monoisotopic (exact) mass is 269 g/mol. The van der Waals surface area contributed by atoms with E-state index >= 15 is 0 Å². The Morgan fingerprint density at radius 1 is 1.53 bits per heavy atom. The molecule has 15 heavy (non-hydrogen) atoms. The molecule has 0 amide bonds. The highest BCUT2D eigenvalue weighted by molar-refractivity contribution is 9.10. The average Bonchev–Trinajstić information content (AvgIpc) is 2.76. The third-order valence-corrected chi connectivity index (χ3v) is 3.86. The van der Waals surface area contributed by atoms with Crippen molar-refractivity contribution in [2.75, 3.05) is 0 Å². The third-order valence-electron chi connectivity index (χ3n) is 2.83. The van der Waals surface area contributed by atoms with Crippen molar-refractivity contribution in [3.05, 3.63) is 28.0 Å². The molecule has 1 aliphatic rings. The van der Waals surface area contributed by atoms with E-state index in [1.54, 1.807) is 0 Å². The quantitative estimate of drug-likeness (QED) is 0.854. The minimum atomic E-state index is 0.604. The van der Waals surface area contributed by atoms with Crippen LogP contribution >= 0.6 is 15.9 Å². The first-order valence-corrected chi connectivity index (χ1v) is 6.04. The van der Waals surface area contributed by atoms with Crippen molar-refractivity contribution < 1.29 is 0 Å². The Bertz CT molecular complexity index is 373. The molecule has 82 valence electrons. The number of aromatic nitrogens is 2. The maximum absolute atomic E-state index is 4.37. The molecule has 1 aliphatic carbocycles. The van der Waals surface area contributed by atoms with E-state index in [2.05, 4.69) is 38.5 Å². The smallest absolute Gasteiger partial charge is 0.0739 e. The highest BCUT2D eigenvalue weighted by Gasteiger charge is 2.13. The third kappa shape index (κ3) is 2.32. The van der Waals surface area contributed by atoms with Crippen LogP contribution in [-0.2, 0) is 13.6 Å². The Hall–Kier alpha value is -0.610. The Balaban J connectivity index is 1.98. The molecule has 0 aliphatic heterocycles. The highest BCUT2D eigenvalue weighted by atomic mass is 79.9. The zero-order chi connectivity index (χ0) is 10.8. The predicted octanol–water partition coefficient (Wildman–Crippen LogP) is 2.30. The number of halogens is 1. The van der Waals surface area contributed by atoms with Gasteiger partial charge in [0.25, 0.3) is 0 Å². The second kappa shape index (κ2) is 4.49. The van der Waals surface area contributed by atoms with Gasteiger partial charge >= 0.3 is 0 Å². The van der Waals surface area contributed by atoms with Gasteiger partial charge in [0.1, 0.15) is 0 Å². The Labute approximate surface area is 98.7 Å². The van der Waals surface area contributed by atoms with Gasteiger partial charge in [-0.3, -0.25) is 4.68 Å². The second-order valence-electron chi connectivity index (χ2n) is 3.99. The van der Waals surface area contributed by atoms with Crippen molar-refractivity contribution in [3.8, 4) is 0 Å². The van der Waals surface area contributed by atoms with E-state index in [1.807, 2.05) is 18.7 Å². The summed E-state index contributed by atoms with van der Waals surface area (Å²) >= 11 is 3.57. The summed E-state index contributed by atoms with van der Waals surface area (Å²) in [6.07, 6.45) is 6.77. The molecule has 0 saturated carbocycles. The van der Waals surface area contributed by atoms with E-state index < -0.39 is 0 Å². The first kappa shape index (κ1) is 10.9. The van der Waals surface area contributed by atoms with Crippen LogP contribution in [-0.4, -0.2) is 15.8 Å². The molecule has 2 rings (SSSR count). The molecule has 0 saturated heterocycles. The van der Waals surface area contributed by atoms with E-state index in [1.165, 1.54) is 5.69 Å². The normalized spacial score (nSPS) is 16.5. The van der Waals surface area contributed by atoms with Gasteiger partial charge in [0.05, 0.1) is 15.9 Å². The lowest BCUT2D eigenvalue weighted by atomic mass is 10.2. The summed E-state index contributed by atoms with van der Waals surface area (Å²) in [4.78, 5) is 0. The van der Waals surface area contributed by atoms with Gasteiger partial charge in [0, 0.05) is 19.6 Å². The number of hydrogen-bond donors (Lipinski definition) is 1. The summed E-state index contributed by atoms with van der Waals surface area (Å²) in [6, 6.07) is 0.604. The number of hydrogen-bond acceptors (Lipinski definition) is 2. The van der Waals surface area contributed by atoms with Crippen molar-refractivity contribution in [2.45, 2.75) is 32.4 Å². The fourth-order valence-corrected chi connectivity index (χ4v) is 2.37. The van der Waals surface area contributed by atoms with Gasteiger partial charge in [0.15, 0.2) is 0 Å². The number of rotatable bonds is 3. The first-order chi connectivity index (χ1) is 7.18. The van der Waals surface area contributed by atoms with Crippen LogP contribution in [0.3, 0.4) is 0 Å². The predicted molar refractivity (Wildman–Crippen MR) is 64.6 cm³/mol. The molecule has 1 aromatic heterocycles. The summed E-state index contributed by atoms with van der Waals surface area (Å²) in [6.45, 7) is 2.90. The standard InChI is InChI=1S/C11H16BrN3/c1-8-11(12)10(15(2)14-8)7-13-9-5-3-4-6-9/h3-4,9,13H,5-7H2,1-2H3. The summed E-state index contributed by atoms with van der Waals surface area (Å²) in [5.41, 5.74) is 2.28. The molecule has 0 atom stereocenters. The molecule has 1 aromatic rings. The second-order valence-corrected chi connectivity index (χ2v) is 4.78. The summed E-state index contributed by atoms with van der Waals surface area (Å²) in [7, 11) is 1.99. The van der Waals surface area contributed by atoms with Gasteiger partial charge in [-0.05, 0) is 35.7 Å². The van der Waals surface area contributed by atoms with Crippen molar-refractivity contribution >= 4 is 15.9 Å². The topological polar surface area (TPSA) is 29.9 Å². The van der Waals surface area contributed by atoms with Crippen LogP contribution in [0.2, 0.25) is 0 Å². The van der Waals surface area contributed by atoms with Crippen LogP contribution in [0, 0.1) is 6.92 Å². The number of nitrogens with one attached hydrogen (secondary N) is 1. The molecule has 0 fully saturated rings. The Morgan fingerprint density at radius 2 is 2.20 bits per heavy atom. The fraction of sp³-hybridized carbons (Fsp3) is 0.545.